The van der Waals surface area contributed by atoms with E-state index in [1.165, 1.54) is 11.1 Å². The molecule has 16 heavy (non-hydrogen) atoms. The highest BCUT2D eigenvalue weighted by molar-refractivity contribution is 5.79. The van der Waals surface area contributed by atoms with Gasteiger partial charge >= 0.3 is 0 Å². The lowest BCUT2D eigenvalue weighted by atomic mass is 10.1. The van der Waals surface area contributed by atoms with Crippen LogP contribution in [0, 0.1) is 6.92 Å². The van der Waals surface area contributed by atoms with E-state index in [0.717, 1.165) is 6.29 Å². The lowest BCUT2D eigenvalue weighted by Gasteiger charge is -2.21. The molecule has 1 aromatic carbocycles. The Balaban J connectivity index is 2.14. The van der Waals surface area contributed by atoms with Crippen molar-refractivity contribution in [3.05, 3.63) is 47.2 Å². The number of allylic oxidation sites excluding steroid dienone is 1. The average molecular weight is 214 g/mol. The van der Waals surface area contributed by atoms with E-state index in [-0.39, 0.29) is 0 Å². The van der Waals surface area contributed by atoms with Gasteiger partial charge in [-0.15, -0.1) is 0 Å². The molecule has 0 aromatic heterocycles. The molecule has 0 atom stereocenters. The third kappa shape index (κ3) is 2.37. The molecule has 0 fully saturated rings. The van der Waals surface area contributed by atoms with Crippen LogP contribution in [0.5, 0.6) is 0 Å². The first-order chi connectivity index (χ1) is 7.79. The second kappa shape index (κ2) is 4.75. The molecule has 0 saturated heterocycles. The fraction of sp³-hybridized carbons (Fsp3) is 0.231. The fourth-order valence-electron chi connectivity index (χ4n) is 1.73. The molecule has 3 heteroatoms. The summed E-state index contributed by atoms with van der Waals surface area (Å²) in [4.78, 5) is 16.9. The SMILES string of the molecule is Cc1cccc(CN2C=NCC=C2C=O)c1. The van der Waals surface area contributed by atoms with Crippen molar-refractivity contribution in [1.82, 2.24) is 4.90 Å². The summed E-state index contributed by atoms with van der Waals surface area (Å²) in [6.45, 7) is 3.35. The summed E-state index contributed by atoms with van der Waals surface area (Å²) in [5.41, 5.74) is 3.10. The molecule has 1 heterocycles. The normalized spacial score (nSPS) is 14.8. The molecule has 2 rings (SSSR count). The Kier molecular flexibility index (Phi) is 3.15. The minimum atomic E-state index is 0.596. The van der Waals surface area contributed by atoms with Gasteiger partial charge in [-0.1, -0.05) is 29.8 Å². The number of aryl methyl sites for hydroxylation is 1. The maximum absolute atomic E-state index is 10.9. The number of hydrogen-bond acceptors (Lipinski definition) is 3. The highest BCUT2D eigenvalue weighted by atomic mass is 16.1. The summed E-state index contributed by atoms with van der Waals surface area (Å²) in [6.07, 6.45) is 4.44. The van der Waals surface area contributed by atoms with Crippen molar-refractivity contribution >= 4 is 12.6 Å². The van der Waals surface area contributed by atoms with Crippen molar-refractivity contribution in [2.45, 2.75) is 13.5 Å². The van der Waals surface area contributed by atoms with Gasteiger partial charge in [0.2, 0.25) is 0 Å². The molecule has 0 unspecified atom stereocenters. The van der Waals surface area contributed by atoms with Gasteiger partial charge in [0.05, 0.1) is 18.6 Å². The summed E-state index contributed by atoms with van der Waals surface area (Å²) < 4.78 is 0. The number of carbonyl (C=O) groups excluding carboxylic acids is 1. The highest BCUT2D eigenvalue weighted by Gasteiger charge is 2.09. The fourth-order valence-corrected chi connectivity index (χ4v) is 1.73. The molecule has 1 aliphatic heterocycles. The summed E-state index contributed by atoms with van der Waals surface area (Å²) in [5.74, 6) is 0. The van der Waals surface area contributed by atoms with E-state index in [1.807, 2.05) is 17.0 Å². The Morgan fingerprint density at radius 3 is 3.12 bits per heavy atom. The van der Waals surface area contributed by atoms with Crippen LogP contribution in [0.15, 0.2) is 41.0 Å². The van der Waals surface area contributed by atoms with Crippen molar-refractivity contribution < 1.29 is 4.79 Å². The summed E-state index contributed by atoms with van der Waals surface area (Å²) in [5, 5.41) is 0. The van der Waals surface area contributed by atoms with Gasteiger partial charge in [-0.3, -0.25) is 9.79 Å². The van der Waals surface area contributed by atoms with Crippen LogP contribution in [-0.4, -0.2) is 24.1 Å². The number of rotatable bonds is 3. The average Bonchev–Trinajstić information content (AvgIpc) is 2.30. The monoisotopic (exact) mass is 214 g/mol. The van der Waals surface area contributed by atoms with E-state index in [0.29, 0.717) is 18.8 Å². The van der Waals surface area contributed by atoms with Crippen LogP contribution < -0.4 is 0 Å². The van der Waals surface area contributed by atoms with E-state index in [4.69, 9.17) is 0 Å². The van der Waals surface area contributed by atoms with Gasteiger partial charge in [-0.25, -0.2) is 0 Å². The maximum Gasteiger partial charge on any atom is 0.166 e. The molecule has 0 radical (unpaired) electrons. The summed E-state index contributed by atoms with van der Waals surface area (Å²) in [6, 6.07) is 8.25. The van der Waals surface area contributed by atoms with Gasteiger partial charge in [0, 0.05) is 6.54 Å². The van der Waals surface area contributed by atoms with Crippen molar-refractivity contribution in [2.75, 3.05) is 6.54 Å². The number of carbonyl (C=O) groups is 1. The highest BCUT2D eigenvalue weighted by Crippen LogP contribution is 2.11. The standard InChI is InChI=1S/C13H14N2O/c1-11-3-2-4-12(7-11)8-15-10-14-6-5-13(15)9-16/h2-5,7,9-10H,6,8H2,1H3. The van der Waals surface area contributed by atoms with E-state index in [2.05, 4.69) is 30.1 Å². The zero-order valence-corrected chi connectivity index (χ0v) is 9.26. The summed E-state index contributed by atoms with van der Waals surface area (Å²) >= 11 is 0. The Hall–Kier alpha value is -1.90. The van der Waals surface area contributed by atoms with Crippen molar-refractivity contribution in [3.63, 3.8) is 0 Å². The quantitative estimate of drug-likeness (QED) is 0.720. The Bertz CT molecular complexity index is 449. The third-order valence-corrected chi connectivity index (χ3v) is 2.51. The predicted molar refractivity (Wildman–Crippen MR) is 64.2 cm³/mol. The van der Waals surface area contributed by atoms with Crippen LogP contribution in [0.3, 0.4) is 0 Å². The number of nitrogens with zero attached hydrogens (tertiary/aromatic N) is 2. The van der Waals surface area contributed by atoms with E-state index >= 15 is 0 Å². The lowest BCUT2D eigenvalue weighted by Crippen LogP contribution is -2.24. The van der Waals surface area contributed by atoms with Crippen LogP contribution in [-0.2, 0) is 11.3 Å². The predicted octanol–water partition coefficient (Wildman–Crippen LogP) is 1.92. The first-order valence-corrected chi connectivity index (χ1v) is 5.27. The Morgan fingerprint density at radius 2 is 2.38 bits per heavy atom. The van der Waals surface area contributed by atoms with E-state index in [9.17, 15) is 4.79 Å². The van der Waals surface area contributed by atoms with Gasteiger partial charge in [0.25, 0.3) is 0 Å². The molecule has 0 spiro atoms. The zero-order chi connectivity index (χ0) is 11.4. The molecule has 82 valence electrons. The van der Waals surface area contributed by atoms with Gasteiger partial charge < -0.3 is 4.90 Å². The number of aldehydes is 1. The number of benzene rings is 1. The topological polar surface area (TPSA) is 32.7 Å². The molecular formula is C13H14N2O. The van der Waals surface area contributed by atoms with Gasteiger partial charge in [0.1, 0.15) is 0 Å². The molecule has 0 bridgehead atoms. The molecule has 0 amide bonds. The largest absolute Gasteiger partial charge is 0.326 e. The summed E-state index contributed by atoms with van der Waals surface area (Å²) in [7, 11) is 0. The van der Waals surface area contributed by atoms with Gasteiger partial charge in [0.15, 0.2) is 6.29 Å². The van der Waals surface area contributed by atoms with Crippen molar-refractivity contribution in [2.24, 2.45) is 4.99 Å². The van der Waals surface area contributed by atoms with Crippen LogP contribution in [0.2, 0.25) is 0 Å². The maximum atomic E-state index is 10.9. The smallest absolute Gasteiger partial charge is 0.166 e. The molecule has 1 aromatic rings. The van der Waals surface area contributed by atoms with Crippen LogP contribution in [0.25, 0.3) is 0 Å². The number of hydrogen-bond donors (Lipinski definition) is 0. The minimum absolute atomic E-state index is 0.596. The van der Waals surface area contributed by atoms with Gasteiger partial charge in [-0.05, 0) is 18.6 Å². The molecule has 0 aliphatic carbocycles. The molecule has 3 nitrogen and oxygen atoms in total. The van der Waals surface area contributed by atoms with E-state index < -0.39 is 0 Å². The second-order valence-electron chi connectivity index (χ2n) is 3.84. The second-order valence-corrected chi connectivity index (χ2v) is 3.84. The van der Waals surface area contributed by atoms with Crippen LogP contribution in [0.4, 0.5) is 0 Å². The van der Waals surface area contributed by atoms with Crippen molar-refractivity contribution in [3.8, 4) is 0 Å². The van der Waals surface area contributed by atoms with Crippen LogP contribution >= 0.6 is 0 Å². The molecular weight excluding hydrogens is 200 g/mol. The Morgan fingerprint density at radius 1 is 1.50 bits per heavy atom. The molecule has 1 aliphatic rings. The number of aliphatic imine (C=N–C) groups is 1. The zero-order valence-electron chi connectivity index (χ0n) is 9.26. The third-order valence-electron chi connectivity index (χ3n) is 2.51. The molecule has 0 saturated carbocycles. The molecule has 0 N–H and O–H groups in total. The van der Waals surface area contributed by atoms with E-state index in [1.54, 1.807) is 6.34 Å². The van der Waals surface area contributed by atoms with Crippen molar-refractivity contribution in [1.29, 1.82) is 0 Å². The first-order valence-electron chi connectivity index (χ1n) is 5.27. The lowest BCUT2D eigenvalue weighted by molar-refractivity contribution is -0.105. The first kappa shape index (κ1) is 10.6. The minimum Gasteiger partial charge on any atom is -0.326 e. The van der Waals surface area contributed by atoms with Crippen LogP contribution in [0.1, 0.15) is 11.1 Å². The Labute approximate surface area is 95.1 Å². The van der Waals surface area contributed by atoms with Gasteiger partial charge in [-0.2, -0.15) is 0 Å².